The van der Waals surface area contributed by atoms with E-state index in [0.29, 0.717) is 6.07 Å². The van der Waals surface area contributed by atoms with Crippen LogP contribution in [0, 0.1) is 17.5 Å². The largest absolute Gasteiger partial charge is 0.313 e. The highest BCUT2D eigenvalue weighted by Gasteiger charge is 2.15. The summed E-state index contributed by atoms with van der Waals surface area (Å²) in [6.07, 6.45) is 2.13. The summed E-state index contributed by atoms with van der Waals surface area (Å²) >= 11 is 0. The van der Waals surface area contributed by atoms with Crippen LogP contribution in [0.1, 0.15) is 0 Å². The van der Waals surface area contributed by atoms with Gasteiger partial charge in [-0.05, 0) is 6.07 Å². The zero-order valence-corrected chi connectivity index (χ0v) is 7.80. The lowest BCUT2D eigenvalue weighted by Gasteiger charge is -2.02. The van der Waals surface area contributed by atoms with Crippen molar-refractivity contribution in [2.45, 2.75) is 0 Å². The molecule has 0 radical (unpaired) electrons. The maximum absolute atomic E-state index is 13.3. The maximum atomic E-state index is 13.3. The third kappa shape index (κ3) is 1.69. The predicted molar refractivity (Wildman–Crippen MR) is 50.2 cm³/mol. The van der Waals surface area contributed by atoms with Crippen molar-refractivity contribution in [3.63, 3.8) is 0 Å². The van der Waals surface area contributed by atoms with Gasteiger partial charge in [-0.25, -0.2) is 18.2 Å². The van der Waals surface area contributed by atoms with Gasteiger partial charge in [-0.1, -0.05) is 0 Å². The maximum Gasteiger partial charge on any atom is 0.258 e. The van der Waals surface area contributed by atoms with Crippen molar-refractivity contribution in [3.05, 3.63) is 52.5 Å². The summed E-state index contributed by atoms with van der Waals surface area (Å²) in [5.74, 6) is -3.59. The first-order chi connectivity index (χ1) is 7.59. The van der Waals surface area contributed by atoms with Gasteiger partial charge in [0, 0.05) is 17.8 Å². The molecule has 0 aliphatic heterocycles. The second kappa shape index (κ2) is 3.80. The number of aromatic nitrogens is 2. The number of hydrogen-bond donors (Lipinski definition) is 1. The molecule has 0 bridgehead atoms. The molecule has 3 nitrogen and oxygen atoms in total. The molecule has 2 rings (SSSR count). The molecule has 2 aromatic rings. The normalized spacial score (nSPS) is 10.4. The molecule has 0 amide bonds. The van der Waals surface area contributed by atoms with Gasteiger partial charge in [0.15, 0.2) is 11.6 Å². The van der Waals surface area contributed by atoms with Crippen molar-refractivity contribution in [3.8, 4) is 11.1 Å². The number of halogens is 3. The molecule has 16 heavy (non-hydrogen) atoms. The van der Waals surface area contributed by atoms with Crippen LogP contribution in [0.25, 0.3) is 11.1 Å². The van der Waals surface area contributed by atoms with Gasteiger partial charge >= 0.3 is 0 Å². The molecule has 1 aromatic carbocycles. The first-order valence-electron chi connectivity index (χ1n) is 4.27. The Kier molecular flexibility index (Phi) is 2.47. The monoisotopic (exact) mass is 226 g/mol. The lowest BCUT2D eigenvalue weighted by Crippen LogP contribution is -2.10. The number of aromatic amines is 1. The van der Waals surface area contributed by atoms with Gasteiger partial charge in [0.25, 0.3) is 5.56 Å². The number of hydrogen-bond acceptors (Lipinski definition) is 2. The minimum atomic E-state index is -1.35. The van der Waals surface area contributed by atoms with Crippen molar-refractivity contribution < 1.29 is 13.2 Å². The topological polar surface area (TPSA) is 45.8 Å². The van der Waals surface area contributed by atoms with Gasteiger partial charge in [0.2, 0.25) is 0 Å². The summed E-state index contributed by atoms with van der Waals surface area (Å²) in [5, 5.41) is 0. The van der Waals surface area contributed by atoms with E-state index in [1.165, 1.54) is 0 Å². The average molecular weight is 226 g/mol. The van der Waals surface area contributed by atoms with Crippen LogP contribution in [-0.2, 0) is 0 Å². The highest BCUT2D eigenvalue weighted by atomic mass is 19.2. The van der Waals surface area contributed by atoms with Crippen LogP contribution >= 0.6 is 0 Å². The number of H-pyrrole nitrogens is 1. The molecule has 82 valence electrons. The number of rotatable bonds is 1. The molecule has 0 fully saturated rings. The van der Waals surface area contributed by atoms with Crippen molar-refractivity contribution >= 4 is 0 Å². The minimum Gasteiger partial charge on any atom is -0.313 e. The molecule has 0 aliphatic carbocycles. The van der Waals surface area contributed by atoms with Crippen LogP contribution in [0.15, 0.2) is 29.5 Å². The fraction of sp³-hybridized carbons (Fsp3) is 0. The average Bonchev–Trinajstić information content (AvgIpc) is 2.24. The van der Waals surface area contributed by atoms with E-state index in [4.69, 9.17) is 0 Å². The quantitative estimate of drug-likeness (QED) is 0.754. The van der Waals surface area contributed by atoms with Gasteiger partial charge in [-0.3, -0.25) is 4.79 Å². The first kappa shape index (κ1) is 10.4. The Labute approximate surface area is 87.6 Å². The molecular formula is C10H5F3N2O. The molecule has 1 heterocycles. The molecule has 1 N–H and O–H groups in total. The van der Waals surface area contributed by atoms with Gasteiger partial charge < -0.3 is 4.98 Å². The Morgan fingerprint density at radius 1 is 1.12 bits per heavy atom. The molecule has 0 unspecified atom stereocenters. The molecule has 0 saturated carbocycles. The molecule has 0 saturated heterocycles. The van der Waals surface area contributed by atoms with E-state index in [1.807, 2.05) is 0 Å². The Morgan fingerprint density at radius 3 is 2.56 bits per heavy atom. The second-order valence-electron chi connectivity index (χ2n) is 3.04. The highest BCUT2D eigenvalue weighted by molar-refractivity contribution is 5.62. The zero-order chi connectivity index (χ0) is 11.7. The van der Waals surface area contributed by atoms with Crippen LogP contribution in [0.3, 0.4) is 0 Å². The van der Waals surface area contributed by atoms with E-state index >= 15 is 0 Å². The van der Waals surface area contributed by atoms with Crippen LogP contribution in [0.4, 0.5) is 13.2 Å². The highest BCUT2D eigenvalue weighted by Crippen LogP contribution is 2.22. The fourth-order valence-corrected chi connectivity index (χ4v) is 1.29. The second-order valence-corrected chi connectivity index (χ2v) is 3.04. The van der Waals surface area contributed by atoms with Crippen molar-refractivity contribution in [1.82, 2.24) is 9.97 Å². The molecule has 0 spiro atoms. The summed E-state index contributed by atoms with van der Waals surface area (Å²) < 4.78 is 39.1. The van der Waals surface area contributed by atoms with Crippen LogP contribution in [0.5, 0.6) is 0 Å². The Bertz CT molecular complexity index is 595. The van der Waals surface area contributed by atoms with Crippen molar-refractivity contribution in [2.75, 3.05) is 0 Å². The van der Waals surface area contributed by atoms with Gasteiger partial charge in [-0.15, -0.1) is 0 Å². The minimum absolute atomic E-state index is 0.224. The Balaban J connectivity index is 2.74. The van der Waals surface area contributed by atoms with E-state index in [0.717, 1.165) is 18.6 Å². The summed E-state index contributed by atoms with van der Waals surface area (Å²) in [6.45, 7) is 0. The van der Waals surface area contributed by atoms with Crippen molar-refractivity contribution in [1.29, 1.82) is 0 Å². The van der Waals surface area contributed by atoms with E-state index in [2.05, 4.69) is 9.97 Å². The van der Waals surface area contributed by atoms with Crippen molar-refractivity contribution in [2.24, 2.45) is 0 Å². The summed E-state index contributed by atoms with van der Waals surface area (Å²) in [6, 6.07) is 1.15. The number of nitrogens with zero attached hydrogens (tertiary/aromatic N) is 1. The Morgan fingerprint density at radius 2 is 1.88 bits per heavy atom. The standard InChI is InChI=1S/C10H5F3N2O/c11-5-1-6(9(13)8(12)2-5)7-3-14-4-15-10(7)16/h1-4H,(H,14,15,16). The zero-order valence-electron chi connectivity index (χ0n) is 7.80. The molecule has 0 atom stereocenters. The third-order valence-electron chi connectivity index (χ3n) is 2.00. The summed E-state index contributed by atoms with van der Waals surface area (Å²) in [7, 11) is 0. The van der Waals surface area contributed by atoms with E-state index in [1.54, 1.807) is 0 Å². The molecule has 6 heteroatoms. The smallest absolute Gasteiger partial charge is 0.258 e. The Hall–Kier alpha value is -2.11. The van der Waals surface area contributed by atoms with E-state index in [-0.39, 0.29) is 5.56 Å². The first-order valence-corrected chi connectivity index (χ1v) is 4.27. The molecule has 0 aliphatic rings. The molecule has 1 aromatic heterocycles. The van der Waals surface area contributed by atoms with Crippen LogP contribution in [0.2, 0.25) is 0 Å². The molecular weight excluding hydrogens is 221 g/mol. The fourth-order valence-electron chi connectivity index (χ4n) is 1.29. The van der Waals surface area contributed by atoms with E-state index in [9.17, 15) is 18.0 Å². The SMILES string of the molecule is O=c1[nH]cncc1-c1cc(F)cc(F)c1F. The van der Waals surface area contributed by atoms with E-state index < -0.39 is 28.6 Å². The lowest BCUT2D eigenvalue weighted by atomic mass is 10.1. The summed E-state index contributed by atoms with van der Waals surface area (Å²) in [5.41, 5.74) is -1.34. The third-order valence-corrected chi connectivity index (χ3v) is 2.00. The van der Waals surface area contributed by atoms with Crippen LogP contribution in [-0.4, -0.2) is 9.97 Å². The number of benzene rings is 1. The van der Waals surface area contributed by atoms with Gasteiger partial charge in [0.1, 0.15) is 5.82 Å². The van der Waals surface area contributed by atoms with Gasteiger partial charge in [-0.2, -0.15) is 0 Å². The van der Waals surface area contributed by atoms with Crippen LogP contribution < -0.4 is 5.56 Å². The predicted octanol–water partition coefficient (Wildman–Crippen LogP) is 1.85. The number of nitrogens with one attached hydrogen (secondary N) is 1. The lowest BCUT2D eigenvalue weighted by molar-refractivity contribution is 0.497. The van der Waals surface area contributed by atoms with Gasteiger partial charge in [0.05, 0.1) is 11.9 Å². The summed E-state index contributed by atoms with van der Waals surface area (Å²) in [4.78, 5) is 17.0.